The summed E-state index contributed by atoms with van der Waals surface area (Å²) in [5.41, 5.74) is 1.24. The molecule has 37 heavy (non-hydrogen) atoms. The van der Waals surface area contributed by atoms with Crippen LogP contribution in [0, 0.1) is 5.92 Å². The molecule has 0 bridgehead atoms. The molecule has 0 unspecified atom stereocenters. The number of nitrogens with zero attached hydrogens (tertiary/aromatic N) is 5. The average molecular weight is 528 g/mol. The van der Waals surface area contributed by atoms with Crippen LogP contribution < -0.4 is 25.8 Å². The minimum absolute atomic E-state index is 0.119. The number of likely N-dealkylation sites (N-methyl/N-ethyl adjacent to an activating group) is 2. The molecule has 1 aromatic carbocycles. The summed E-state index contributed by atoms with van der Waals surface area (Å²) in [7, 11) is 5.42. The van der Waals surface area contributed by atoms with E-state index in [1.165, 1.54) is 7.05 Å². The van der Waals surface area contributed by atoms with E-state index in [-0.39, 0.29) is 23.8 Å². The number of benzene rings is 1. The van der Waals surface area contributed by atoms with Crippen molar-refractivity contribution in [2.75, 3.05) is 57.6 Å². The van der Waals surface area contributed by atoms with Crippen molar-refractivity contribution in [3.8, 4) is 5.75 Å². The second kappa shape index (κ2) is 11.8. The number of halogens is 1. The van der Waals surface area contributed by atoms with Crippen LogP contribution in [0.15, 0.2) is 35.3 Å². The monoisotopic (exact) mass is 527 g/mol. The van der Waals surface area contributed by atoms with Crippen LogP contribution in [0.5, 0.6) is 5.75 Å². The molecule has 1 aliphatic heterocycles. The van der Waals surface area contributed by atoms with Gasteiger partial charge in [0.1, 0.15) is 5.02 Å². The maximum absolute atomic E-state index is 13.2. The zero-order valence-electron chi connectivity index (χ0n) is 21.8. The van der Waals surface area contributed by atoms with Crippen LogP contribution in [0.25, 0.3) is 10.9 Å². The molecule has 4 rings (SSSR count). The van der Waals surface area contributed by atoms with Gasteiger partial charge in [0.25, 0.3) is 11.5 Å². The minimum Gasteiger partial charge on any atom is -0.478 e. The van der Waals surface area contributed by atoms with Gasteiger partial charge in [0, 0.05) is 44.3 Å². The average Bonchev–Trinajstić information content (AvgIpc) is 2.88. The number of hydrogen-bond acceptors (Lipinski definition) is 8. The summed E-state index contributed by atoms with van der Waals surface area (Å²) in [6.07, 6.45) is 3.84. The van der Waals surface area contributed by atoms with Crippen molar-refractivity contribution in [1.29, 1.82) is 0 Å². The number of hydrogen-bond donors (Lipinski definition) is 2. The first-order valence-corrected chi connectivity index (χ1v) is 12.8. The topological polar surface area (TPSA) is 105 Å². The molecule has 0 saturated carbocycles. The molecule has 1 amide bonds. The summed E-state index contributed by atoms with van der Waals surface area (Å²) in [6, 6.07) is 7.35. The number of ether oxygens (including phenoxy) is 1. The first kappa shape index (κ1) is 26.7. The Hall–Kier alpha value is -3.37. The molecule has 2 N–H and O–H groups in total. The van der Waals surface area contributed by atoms with Crippen molar-refractivity contribution in [3.63, 3.8) is 0 Å². The van der Waals surface area contributed by atoms with E-state index in [1.807, 2.05) is 37.2 Å². The van der Waals surface area contributed by atoms with Crippen LogP contribution in [-0.2, 0) is 11.3 Å². The lowest BCUT2D eigenvalue weighted by Crippen LogP contribution is -2.34. The number of carbonyl (C=O) groups excluding carboxylic acids is 1. The smallest absolute Gasteiger partial charge is 0.293 e. The summed E-state index contributed by atoms with van der Waals surface area (Å²) < 4.78 is 7.26. The molecule has 10 nitrogen and oxygen atoms in total. The van der Waals surface area contributed by atoms with Crippen molar-refractivity contribution in [3.05, 3.63) is 45.8 Å². The molecular weight excluding hydrogens is 494 g/mol. The highest BCUT2D eigenvalue weighted by Gasteiger charge is 2.19. The van der Waals surface area contributed by atoms with Crippen molar-refractivity contribution >= 4 is 45.9 Å². The van der Waals surface area contributed by atoms with Gasteiger partial charge in [-0.15, -0.1) is 0 Å². The number of pyridine rings is 1. The highest BCUT2D eigenvalue weighted by Crippen LogP contribution is 2.29. The van der Waals surface area contributed by atoms with Crippen molar-refractivity contribution < 1.29 is 9.53 Å². The van der Waals surface area contributed by atoms with Gasteiger partial charge in [0.15, 0.2) is 18.2 Å². The molecule has 3 heterocycles. The lowest BCUT2D eigenvalue weighted by molar-refractivity contribution is -0.122. The van der Waals surface area contributed by atoms with Gasteiger partial charge in [-0.3, -0.25) is 9.59 Å². The third-order valence-corrected chi connectivity index (χ3v) is 6.81. The first-order valence-electron chi connectivity index (χ1n) is 12.5. The molecule has 0 radical (unpaired) electrons. The van der Waals surface area contributed by atoms with E-state index in [0.29, 0.717) is 35.8 Å². The number of anilines is 3. The van der Waals surface area contributed by atoms with E-state index < -0.39 is 0 Å². The molecule has 0 aliphatic carbocycles. The normalized spacial score (nSPS) is 14.3. The first-order chi connectivity index (χ1) is 17.7. The third-order valence-electron chi connectivity index (χ3n) is 6.53. The fraction of sp³-hybridized carbons (Fsp3) is 0.462. The Balaban J connectivity index is 1.66. The van der Waals surface area contributed by atoms with E-state index in [1.54, 1.807) is 16.8 Å². The number of rotatable bonds is 9. The zero-order chi connectivity index (χ0) is 26.5. The van der Waals surface area contributed by atoms with Crippen molar-refractivity contribution in [1.82, 2.24) is 24.8 Å². The van der Waals surface area contributed by atoms with Gasteiger partial charge in [0.2, 0.25) is 5.95 Å². The molecule has 0 atom stereocenters. The fourth-order valence-electron chi connectivity index (χ4n) is 4.22. The molecule has 0 spiro atoms. The Bertz CT molecular complexity index is 1320. The Labute approximate surface area is 221 Å². The Morgan fingerprint density at radius 2 is 2.00 bits per heavy atom. The van der Waals surface area contributed by atoms with E-state index in [9.17, 15) is 9.59 Å². The van der Waals surface area contributed by atoms with Crippen LogP contribution in [0.1, 0.15) is 19.8 Å². The zero-order valence-corrected chi connectivity index (χ0v) is 22.5. The van der Waals surface area contributed by atoms with Crippen LogP contribution in [0.3, 0.4) is 0 Å². The molecule has 1 fully saturated rings. The minimum atomic E-state index is -0.313. The number of piperidine rings is 1. The standard InChI is InChI=1S/C26H34ClN7O3/c1-17-7-9-33(10-8-17)26-29-15-20(27)24(31-26)30-19-5-6-21-18(13-19)14-22(37-16-23(35)28-2)25(36)34(21)12-11-32(3)4/h5-6,13-15,17H,7-12,16H2,1-4H3,(H,28,35)(H,29,30,31). The van der Waals surface area contributed by atoms with Gasteiger partial charge in [-0.2, -0.15) is 4.98 Å². The highest BCUT2D eigenvalue weighted by atomic mass is 35.5. The number of nitrogens with one attached hydrogen (secondary N) is 2. The summed E-state index contributed by atoms with van der Waals surface area (Å²) in [4.78, 5) is 38.2. The second-order valence-electron chi connectivity index (χ2n) is 9.67. The van der Waals surface area contributed by atoms with Gasteiger partial charge in [0.05, 0.1) is 11.7 Å². The lowest BCUT2D eigenvalue weighted by Gasteiger charge is -2.30. The Kier molecular flexibility index (Phi) is 8.50. The SMILES string of the molecule is CNC(=O)COc1cc2cc(Nc3nc(N4CCC(C)CC4)ncc3Cl)ccc2n(CCN(C)C)c1=O. The molecule has 2 aromatic heterocycles. The van der Waals surface area contributed by atoms with Crippen LogP contribution in [0.4, 0.5) is 17.5 Å². The van der Waals surface area contributed by atoms with Crippen molar-refractivity contribution in [2.45, 2.75) is 26.3 Å². The Morgan fingerprint density at radius 1 is 1.24 bits per heavy atom. The predicted octanol–water partition coefficient (Wildman–Crippen LogP) is 3.11. The summed E-state index contributed by atoms with van der Waals surface area (Å²) in [5.74, 6) is 1.68. The maximum atomic E-state index is 13.2. The van der Waals surface area contributed by atoms with Gasteiger partial charge in [-0.1, -0.05) is 18.5 Å². The lowest BCUT2D eigenvalue weighted by atomic mass is 10.00. The molecular formula is C26H34ClN7O3. The number of fused-ring (bicyclic) bond motifs is 1. The van der Waals surface area contributed by atoms with Gasteiger partial charge in [-0.25, -0.2) is 4.98 Å². The van der Waals surface area contributed by atoms with Gasteiger partial charge >= 0.3 is 0 Å². The van der Waals surface area contributed by atoms with Crippen LogP contribution in [-0.4, -0.2) is 72.7 Å². The van der Waals surface area contributed by atoms with Crippen LogP contribution >= 0.6 is 11.6 Å². The predicted molar refractivity (Wildman–Crippen MR) is 147 cm³/mol. The summed E-state index contributed by atoms with van der Waals surface area (Å²) >= 11 is 6.44. The molecule has 198 valence electrons. The van der Waals surface area contributed by atoms with E-state index in [4.69, 9.17) is 21.3 Å². The Morgan fingerprint density at radius 3 is 2.70 bits per heavy atom. The summed E-state index contributed by atoms with van der Waals surface area (Å²) in [6.45, 7) is 5.01. The van der Waals surface area contributed by atoms with Crippen molar-refractivity contribution in [2.24, 2.45) is 5.92 Å². The maximum Gasteiger partial charge on any atom is 0.293 e. The number of carbonyl (C=O) groups is 1. The largest absolute Gasteiger partial charge is 0.478 e. The molecule has 1 saturated heterocycles. The second-order valence-corrected chi connectivity index (χ2v) is 10.1. The quantitative estimate of drug-likeness (QED) is 0.437. The third kappa shape index (κ3) is 6.50. The van der Waals surface area contributed by atoms with Crippen LogP contribution in [0.2, 0.25) is 5.02 Å². The molecule has 1 aliphatic rings. The van der Waals surface area contributed by atoms with Gasteiger partial charge < -0.3 is 29.7 Å². The number of amides is 1. The van der Waals surface area contributed by atoms with E-state index in [0.717, 1.165) is 42.5 Å². The highest BCUT2D eigenvalue weighted by molar-refractivity contribution is 6.32. The fourth-order valence-corrected chi connectivity index (χ4v) is 4.36. The molecule has 3 aromatic rings. The summed E-state index contributed by atoms with van der Waals surface area (Å²) in [5, 5.41) is 7.01. The molecule has 11 heteroatoms. The van der Waals surface area contributed by atoms with Gasteiger partial charge in [-0.05, 0) is 57.1 Å². The van der Waals surface area contributed by atoms with E-state index in [2.05, 4.69) is 27.4 Å². The van der Waals surface area contributed by atoms with E-state index >= 15 is 0 Å². The number of aromatic nitrogens is 3.